The van der Waals surface area contributed by atoms with E-state index < -0.39 is 0 Å². The van der Waals surface area contributed by atoms with Crippen LogP contribution in [-0.2, 0) is 0 Å². The molecule has 0 aromatic heterocycles. The molecule has 20 heavy (non-hydrogen) atoms. The van der Waals surface area contributed by atoms with Gasteiger partial charge < -0.3 is 5.11 Å². The summed E-state index contributed by atoms with van der Waals surface area (Å²) in [6.45, 7) is 6.59. The van der Waals surface area contributed by atoms with E-state index in [2.05, 4.69) is 36.9 Å². The van der Waals surface area contributed by atoms with Crippen LogP contribution in [0.3, 0.4) is 0 Å². The molecule has 0 radical (unpaired) electrons. The molecular formula is C18H27NO. The second-order valence-electron chi connectivity index (χ2n) is 6.83. The maximum Gasteiger partial charge on any atom is 0.0973 e. The molecule has 1 saturated heterocycles. The van der Waals surface area contributed by atoms with Crippen molar-refractivity contribution in [3.63, 3.8) is 0 Å². The lowest BCUT2D eigenvalue weighted by Gasteiger charge is -2.43. The van der Waals surface area contributed by atoms with Gasteiger partial charge in [-0.3, -0.25) is 4.90 Å². The van der Waals surface area contributed by atoms with Gasteiger partial charge in [-0.1, -0.05) is 42.2 Å². The van der Waals surface area contributed by atoms with Crippen LogP contribution in [0.25, 0.3) is 0 Å². The summed E-state index contributed by atoms with van der Waals surface area (Å²) >= 11 is 0. The second-order valence-corrected chi connectivity index (χ2v) is 6.83. The molecule has 1 atom stereocenters. The van der Waals surface area contributed by atoms with Gasteiger partial charge in [-0.15, -0.1) is 0 Å². The molecule has 1 N–H and O–H groups in total. The quantitative estimate of drug-likeness (QED) is 0.906. The number of nitrogens with zero attached hydrogens (tertiary/aromatic N) is 1. The van der Waals surface area contributed by atoms with Crippen molar-refractivity contribution in [1.29, 1.82) is 0 Å². The minimum atomic E-state index is -0.332. The summed E-state index contributed by atoms with van der Waals surface area (Å²) in [4.78, 5) is 2.59. The third kappa shape index (κ3) is 2.40. The zero-order chi connectivity index (χ0) is 14.2. The van der Waals surface area contributed by atoms with Gasteiger partial charge >= 0.3 is 0 Å². The van der Waals surface area contributed by atoms with E-state index in [4.69, 9.17) is 0 Å². The molecular weight excluding hydrogens is 246 g/mol. The first kappa shape index (κ1) is 14.1. The minimum Gasteiger partial charge on any atom is -0.386 e. The Morgan fingerprint density at radius 3 is 2.05 bits per heavy atom. The Morgan fingerprint density at radius 1 is 0.950 bits per heavy atom. The Balaban J connectivity index is 1.94. The number of benzene rings is 1. The molecule has 0 spiro atoms. The Hall–Kier alpha value is -0.860. The van der Waals surface area contributed by atoms with E-state index in [9.17, 15) is 5.11 Å². The van der Waals surface area contributed by atoms with Crippen molar-refractivity contribution in [3.05, 3.63) is 34.9 Å². The molecule has 1 aliphatic carbocycles. The Morgan fingerprint density at radius 2 is 1.50 bits per heavy atom. The zero-order valence-corrected chi connectivity index (χ0v) is 12.9. The van der Waals surface area contributed by atoms with Gasteiger partial charge in [-0.2, -0.15) is 0 Å². The average molecular weight is 273 g/mol. The van der Waals surface area contributed by atoms with Gasteiger partial charge in [0.05, 0.1) is 11.6 Å². The fourth-order valence-corrected chi connectivity index (χ4v) is 4.39. The van der Waals surface area contributed by atoms with Gasteiger partial charge in [0.2, 0.25) is 0 Å². The van der Waals surface area contributed by atoms with Crippen LogP contribution in [0.2, 0.25) is 0 Å². The van der Waals surface area contributed by atoms with Crippen molar-refractivity contribution in [2.75, 3.05) is 13.1 Å². The van der Waals surface area contributed by atoms with Crippen molar-refractivity contribution in [3.8, 4) is 0 Å². The SMILES string of the molecule is Cc1cc(C)cc(C(O)C2(N3CCCC3)CCCC2)c1. The van der Waals surface area contributed by atoms with Crippen LogP contribution >= 0.6 is 0 Å². The van der Waals surface area contributed by atoms with Gasteiger partial charge in [0, 0.05) is 0 Å². The number of hydrogen-bond donors (Lipinski definition) is 1. The van der Waals surface area contributed by atoms with Crippen LogP contribution in [0.1, 0.15) is 61.3 Å². The number of rotatable bonds is 3. The number of aryl methyl sites for hydroxylation is 2. The minimum absolute atomic E-state index is 0.0106. The first-order valence-electron chi connectivity index (χ1n) is 8.13. The molecule has 1 aromatic carbocycles. The molecule has 1 unspecified atom stereocenters. The van der Waals surface area contributed by atoms with Crippen LogP contribution in [0, 0.1) is 13.8 Å². The number of likely N-dealkylation sites (tertiary alicyclic amines) is 1. The molecule has 0 amide bonds. The summed E-state index contributed by atoms with van der Waals surface area (Å²) in [6.07, 6.45) is 7.09. The van der Waals surface area contributed by atoms with E-state index in [0.717, 1.165) is 18.4 Å². The second kappa shape index (κ2) is 5.50. The highest BCUT2D eigenvalue weighted by atomic mass is 16.3. The summed E-state index contributed by atoms with van der Waals surface area (Å²) in [5.74, 6) is 0. The lowest BCUT2D eigenvalue weighted by Crippen LogP contribution is -2.49. The van der Waals surface area contributed by atoms with Crippen molar-refractivity contribution in [2.24, 2.45) is 0 Å². The molecule has 1 saturated carbocycles. The van der Waals surface area contributed by atoms with Gasteiger partial charge in [0.15, 0.2) is 0 Å². The fourth-order valence-electron chi connectivity index (χ4n) is 4.39. The van der Waals surface area contributed by atoms with Crippen molar-refractivity contribution in [2.45, 2.75) is 64.0 Å². The number of hydrogen-bond acceptors (Lipinski definition) is 2. The molecule has 2 fully saturated rings. The van der Waals surface area contributed by atoms with E-state index in [1.54, 1.807) is 0 Å². The Labute approximate surface area is 122 Å². The highest BCUT2D eigenvalue weighted by Gasteiger charge is 2.46. The summed E-state index contributed by atoms with van der Waals surface area (Å²) in [7, 11) is 0. The third-order valence-electron chi connectivity index (χ3n) is 5.27. The molecule has 3 rings (SSSR count). The smallest absolute Gasteiger partial charge is 0.0973 e. The van der Waals surface area contributed by atoms with Crippen molar-refractivity contribution in [1.82, 2.24) is 4.90 Å². The predicted octanol–water partition coefficient (Wildman–Crippen LogP) is 3.75. The summed E-state index contributed by atoms with van der Waals surface area (Å²) in [5.41, 5.74) is 3.65. The van der Waals surface area contributed by atoms with Gasteiger partial charge in [0.1, 0.15) is 0 Å². The van der Waals surface area contributed by atoms with Crippen molar-refractivity contribution < 1.29 is 5.11 Å². The number of aliphatic hydroxyl groups is 1. The van der Waals surface area contributed by atoms with Crippen LogP contribution in [-0.4, -0.2) is 28.6 Å². The molecule has 2 nitrogen and oxygen atoms in total. The number of aliphatic hydroxyl groups excluding tert-OH is 1. The maximum atomic E-state index is 11.1. The molecule has 1 heterocycles. The van der Waals surface area contributed by atoms with Crippen LogP contribution < -0.4 is 0 Å². The summed E-state index contributed by atoms with van der Waals surface area (Å²) in [5, 5.41) is 11.1. The fraction of sp³-hybridized carbons (Fsp3) is 0.667. The standard InChI is InChI=1S/C18H27NO/c1-14-11-15(2)13-16(12-14)17(20)18(7-3-4-8-18)19-9-5-6-10-19/h11-13,17,20H,3-10H2,1-2H3. The van der Waals surface area contributed by atoms with Crippen LogP contribution in [0.4, 0.5) is 0 Å². The van der Waals surface area contributed by atoms with Crippen LogP contribution in [0.15, 0.2) is 18.2 Å². The average Bonchev–Trinajstić information content (AvgIpc) is 3.08. The Kier molecular flexibility index (Phi) is 3.87. The van der Waals surface area contributed by atoms with E-state index >= 15 is 0 Å². The lowest BCUT2D eigenvalue weighted by molar-refractivity contribution is -0.0196. The topological polar surface area (TPSA) is 23.5 Å². The Bertz CT molecular complexity index is 450. The van der Waals surface area contributed by atoms with Crippen LogP contribution in [0.5, 0.6) is 0 Å². The van der Waals surface area contributed by atoms with E-state index in [0.29, 0.717) is 0 Å². The van der Waals surface area contributed by atoms with Gasteiger partial charge in [-0.25, -0.2) is 0 Å². The molecule has 110 valence electrons. The first-order valence-corrected chi connectivity index (χ1v) is 8.13. The molecule has 2 aliphatic rings. The lowest BCUT2D eigenvalue weighted by atomic mass is 9.83. The van der Waals surface area contributed by atoms with Crippen molar-refractivity contribution >= 4 is 0 Å². The summed E-state index contributed by atoms with van der Waals surface area (Å²) in [6, 6.07) is 6.54. The molecule has 0 bridgehead atoms. The van der Waals surface area contributed by atoms with Gasteiger partial charge in [0.25, 0.3) is 0 Å². The normalized spacial score (nSPS) is 24.1. The van der Waals surface area contributed by atoms with E-state index in [1.165, 1.54) is 49.9 Å². The summed E-state index contributed by atoms with van der Waals surface area (Å²) < 4.78 is 0. The first-order chi connectivity index (χ1) is 9.62. The maximum absolute atomic E-state index is 11.1. The predicted molar refractivity (Wildman–Crippen MR) is 82.9 cm³/mol. The highest BCUT2D eigenvalue weighted by Crippen LogP contribution is 2.46. The zero-order valence-electron chi connectivity index (χ0n) is 12.9. The third-order valence-corrected chi connectivity index (χ3v) is 5.27. The largest absolute Gasteiger partial charge is 0.386 e. The van der Waals surface area contributed by atoms with Gasteiger partial charge in [-0.05, 0) is 58.2 Å². The highest BCUT2D eigenvalue weighted by molar-refractivity contribution is 5.32. The molecule has 1 aromatic rings. The molecule has 1 aliphatic heterocycles. The monoisotopic (exact) mass is 273 g/mol. The molecule has 2 heteroatoms. The van der Waals surface area contributed by atoms with E-state index in [1.807, 2.05) is 0 Å². The van der Waals surface area contributed by atoms with E-state index in [-0.39, 0.29) is 11.6 Å².